The highest BCUT2D eigenvalue weighted by Crippen LogP contribution is 2.19. The van der Waals surface area contributed by atoms with Crippen LogP contribution in [0.2, 0.25) is 0 Å². The largest absolute Gasteiger partial charge is 0.435 e. The van der Waals surface area contributed by atoms with Crippen LogP contribution in [0.3, 0.4) is 0 Å². The SMILES string of the molecule is O=C(CCCO)Nc1cccc(OC(F)F)c1. The van der Waals surface area contributed by atoms with Gasteiger partial charge in [-0.05, 0) is 18.6 Å². The van der Waals surface area contributed by atoms with Crippen molar-refractivity contribution in [2.24, 2.45) is 0 Å². The Hall–Kier alpha value is -1.69. The summed E-state index contributed by atoms with van der Waals surface area (Å²) in [7, 11) is 0. The minimum Gasteiger partial charge on any atom is -0.435 e. The third kappa shape index (κ3) is 5.26. The summed E-state index contributed by atoms with van der Waals surface area (Å²) in [4.78, 5) is 11.3. The first-order valence-corrected chi connectivity index (χ1v) is 5.07. The van der Waals surface area contributed by atoms with Crippen LogP contribution in [-0.2, 0) is 4.79 Å². The molecule has 1 aromatic carbocycles. The van der Waals surface area contributed by atoms with Crippen LogP contribution in [0, 0.1) is 0 Å². The van der Waals surface area contributed by atoms with Crippen molar-refractivity contribution in [1.29, 1.82) is 0 Å². The lowest BCUT2D eigenvalue weighted by Crippen LogP contribution is -2.12. The van der Waals surface area contributed by atoms with Gasteiger partial charge in [0.15, 0.2) is 0 Å². The van der Waals surface area contributed by atoms with Crippen LogP contribution in [0.1, 0.15) is 12.8 Å². The number of hydrogen-bond acceptors (Lipinski definition) is 3. The van der Waals surface area contributed by atoms with Gasteiger partial charge < -0.3 is 15.2 Å². The zero-order valence-corrected chi connectivity index (χ0v) is 9.03. The van der Waals surface area contributed by atoms with E-state index in [-0.39, 0.29) is 24.7 Å². The number of benzene rings is 1. The van der Waals surface area contributed by atoms with Gasteiger partial charge in [0.2, 0.25) is 5.91 Å². The maximum atomic E-state index is 11.9. The molecule has 0 unspecified atom stereocenters. The molecule has 0 aliphatic carbocycles. The van der Waals surface area contributed by atoms with Crippen molar-refractivity contribution < 1.29 is 23.4 Å². The topological polar surface area (TPSA) is 58.6 Å². The minimum atomic E-state index is -2.89. The van der Waals surface area contributed by atoms with Crippen molar-refractivity contribution in [3.63, 3.8) is 0 Å². The van der Waals surface area contributed by atoms with E-state index in [2.05, 4.69) is 10.1 Å². The Kier molecular flexibility index (Phi) is 5.35. The Morgan fingerprint density at radius 2 is 2.24 bits per heavy atom. The van der Waals surface area contributed by atoms with E-state index in [0.717, 1.165) is 0 Å². The Balaban J connectivity index is 2.56. The summed E-state index contributed by atoms with van der Waals surface area (Å²) < 4.78 is 28.1. The molecule has 1 rings (SSSR count). The first kappa shape index (κ1) is 13.4. The first-order valence-electron chi connectivity index (χ1n) is 5.07. The fraction of sp³-hybridized carbons (Fsp3) is 0.364. The van der Waals surface area contributed by atoms with Crippen LogP contribution in [0.4, 0.5) is 14.5 Å². The van der Waals surface area contributed by atoms with Crippen LogP contribution in [0.15, 0.2) is 24.3 Å². The average molecular weight is 245 g/mol. The van der Waals surface area contributed by atoms with Gasteiger partial charge in [-0.3, -0.25) is 4.79 Å². The summed E-state index contributed by atoms with van der Waals surface area (Å²) in [6.07, 6.45) is 0.537. The number of aliphatic hydroxyl groups excluding tert-OH is 1. The molecule has 0 heterocycles. The maximum Gasteiger partial charge on any atom is 0.387 e. The molecule has 0 bridgehead atoms. The number of nitrogens with one attached hydrogen (secondary N) is 1. The summed E-state index contributed by atoms with van der Waals surface area (Å²) in [6.45, 7) is -2.96. The number of ether oxygens (including phenoxy) is 1. The summed E-state index contributed by atoms with van der Waals surface area (Å²) in [5.74, 6) is -0.298. The Bertz CT molecular complexity index is 371. The highest BCUT2D eigenvalue weighted by Gasteiger charge is 2.06. The number of rotatable bonds is 6. The fourth-order valence-electron chi connectivity index (χ4n) is 1.21. The Morgan fingerprint density at radius 3 is 2.88 bits per heavy atom. The lowest BCUT2D eigenvalue weighted by molar-refractivity contribution is -0.116. The van der Waals surface area contributed by atoms with E-state index in [9.17, 15) is 13.6 Å². The molecule has 0 aromatic heterocycles. The van der Waals surface area contributed by atoms with Crippen molar-refractivity contribution in [2.45, 2.75) is 19.5 Å². The molecule has 4 nitrogen and oxygen atoms in total. The minimum absolute atomic E-state index is 0.0139. The predicted molar refractivity (Wildman–Crippen MR) is 58.0 cm³/mol. The van der Waals surface area contributed by atoms with Crippen molar-refractivity contribution in [1.82, 2.24) is 0 Å². The smallest absolute Gasteiger partial charge is 0.387 e. The molecule has 0 saturated heterocycles. The summed E-state index contributed by atoms with van der Waals surface area (Å²) in [6, 6.07) is 5.74. The molecule has 0 spiro atoms. The van der Waals surface area contributed by atoms with Gasteiger partial charge in [-0.1, -0.05) is 6.07 Å². The average Bonchev–Trinajstić information content (AvgIpc) is 2.26. The quantitative estimate of drug-likeness (QED) is 0.805. The summed E-state index contributed by atoms with van der Waals surface area (Å²) >= 11 is 0. The van der Waals surface area contributed by atoms with Gasteiger partial charge in [-0.2, -0.15) is 8.78 Å². The van der Waals surface area contributed by atoms with Gasteiger partial charge in [0.05, 0.1) is 0 Å². The van der Waals surface area contributed by atoms with E-state index < -0.39 is 6.61 Å². The van der Waals surface area contributed by atoms with E-state index in [4.69, 9.17) is 5.11 Å². The lowest BCUT2D eigenvalue weighted by atomic mass is 10.2. The molecular formula is C11H13F2NO3. The number of aliphatic hydroxyl groups is 1. The second-order valence-corrected chi connectivity index (χ2v) is 3.28. The molecule has 0 aliphatic rings. The first-order chi connectivity index (χ1) is 8.11. The zero-order valence-electron chi connectivity index (χ0n) is 9.03. The van der Waals surface area contributed by atoms with E-state index in [1.165, 1.54) is 18.2 Å². The van der Waals surface area contributed by atoms with Gasteiger partial charge in [0, 0.05) is 24.8 Å². The van der Waals surface area contributed by atoms with Gasteiger partial charge >= 0.3 is 6.61 Å². The number of hydrogen-bond donors (Lipinski definition) is 2. The fourth-order valence-corrected chi connectivity index (χ4v) is 1.21. The molecule has 0 saturated carbocycles. The maximum absolute atomic E-state index is 11.9. The third-order valence-electron chi connectivity index (χ3n) is 1.90. The van der Waals surface area contributed by atoms with Crippen LogP contribution in [0.25, 0.3) is 0 Å². The molecule has 1 aromatic rings. The molecular weight excluding hydrogens is 232 g/mol. The molecule has 1 amide bonds. The highest BCUT2D eigenvalue weighted by atomic mass is 19.3. The normalized spacial score (nSPS) is 10.4. The number of anilines is 1. The molecule has 2 N–H and O–H groups in total. The van der Waals surface area contributed by atoms with E-state index in [1.807, 2.05) is 0 Å². The second kappa shape index (κ2) is 6.80. The molecule has 6 heteroatoms. The monoisotopic (exact) mass is 245 g/mol. The number of alkyl halides is 2. The van der Waals surface area contributed by atoms with Gasteiger partial charge in [-0.25, -0.2) is 0 Å². The molecule has 0 radical (unpaired) electrons. The summed E-state index contributed by atoms with van der Waals surface area (Å²) in [5, 5.41) is 11.1. The van der Waals surface area contributed by atoms with E-state index >= 15 is 0 Å². The van der Waals surface area contributed by atoms with E-state index in [1.54, 1.807) is 6.07 Å². The van der Waals surface area contributed by atoms with Crippen LogP contribution in [0.5, 0.6) is 5.75 Å². The van der Waals surface area contributed by atoms with Crippen molar-refractivity contribution in [3.8, 4) is 5.75 Å². The zero-order chi connectivity index (χ0) is 12.7. The third-order valence-corrected chi connectivity index (χ3v) is 1.90. The van der Waals surface area contributed by atoms with Crippen LogP contribution < -0.4 is 10.1 Å². The number of amides is 1. The number of carbonyl (C=O) groups excluding carboxylic acids is 1. The highest BCUT2D eigenvalue weighted by molar-refractivity contribution is 5.90. The predicted octanol–water partition coefficient (Wildman–Crippen LogP) is 2.00. The number of carbonyl (C=O) groups is 1. The van der Waals surface area contributed by atoms with Crippen molar-refractivity contribution in [3.05, 3.63) is 24.3 Å². The van der Waals surface area contributed by atoms with Gasteiger partial charge in [0.1, 0.15) is 5.75 Å². The lowest BCUT2D eigenvalue weighted by Gasteiger charge is -2.08. The second-order valence-electron chi connectivity index (χ2n) is 3.28. The van der Waals surface area contributed by atoms with Crippen LogP contribution >= 0.6 is 0 Å². The molecule has 17 heavy (non-hydrogen) atoms. The van der Waals surface area contributed by atoms with Crippen molar-refractivity contribution in [2.75, 3.05) is 11.9 Å². The van der Waals surface area contributed by atoms with Gasteiger partial charge in [0.25, 0.3) is 0 Å². The summed E-state index contributed by atoms with van der Waals surface area (Å²) in [5.41, 5.74) is 0.381. The van der Waals surface area contributed by atoms with E-state index in [0.29, 0.717) is 12.1 Å². The van der Waals surface area contributed by atoms with Crippen LogP contribution in [-0.4, -0.2) is 24.2 Å². The Labute approximate surface area is 97.2 Å². The standard InChI is InChI=1S/C11H13F2NO3/c12-11(13)17-9-4-1-3-8(7-9)14-10(16)5-2-6-15/h1,3-4,7,11,15H,2,5-6H2,(H,14,16). The Morgan fingerprint density at radius 1 is 1.47 bits per heavy atom. The molecule has 0 fully saturated rings. The molecule has 94 valence electrons. The number of halogens is 2. The van der Waals surface area contributed by atoms with Gasteiger partial charge in [-0.15, -0.1) is 0 Å². The molecule has 0 aliphatic heterocycles. The molecule has 0 atom stereocenters. The van der Waals surface area contributed by atoms with Crippen molar-refractivity contribution >= 4 is 11.6 Å².